The molecule has 3 rings (SSSR count). The van der Waals surface area contributed by atoms with E-state index in [2.05, 4.69) is 10.6 Å². The van der Waals surface area contributed by atoms with Gasteiger partial charge in [-0.1, -0.05) is 30.3 Å². The molecule has 2 amide bonds. The van der Waals surface area contributed by atoms with Crippen molar-refractivity contribution in [3.8, 4) is 5.75 Å². The van der Waals surface area contributed by atoms with Gasteiger partial charge < -0.3 is 20.1 Å². The Kier molecular flexibility index (Phi) is 10.1. The third-order valence-corrected chi connectivity index (χ3v) is 5.79. The monoisotopic (exact) mass is 504 g/mol. The molecule has 0 bridgehead atoms. The summed E-state index contributed by atoms with van der Waals surface area (Å²) in [6, 6.07) is 23.0. The van der Waals surface area contributed by atoms with E-state index in [1.807, 2.05) is 25.1 Å². The van der Waals surface area contributed by atoms with Crippen LogP contribution in [0.2, 0.25) is 0 Å². The maximum Gasteiger partial charge on any atom is 0.316 e. The predicted octanol–water partition coefficient (Wildman–Crippen LogP) is 5.15. The van der Waals surface area contributed by atoms with E-state index in [1.165, 1.54) is 11.8 Å². The first kappa shape index (κ1) is 26.6. The molecule has 0 atom stereocenters. The lowest BCUT2D eigenvalue weighted by molar-refractivity contribution is -0.139. The van der Waals surface area contributed by atoms with Crippen LogP contribution in [-0.4, -0.2) is 36.8 Å². The van der Waals surface area contributed by atoms with E-state index in [4.69, 9.17) is 9.47 Å². The van der Waals surface area contributed by atoms with Crippen molar-refractivity contribution in [1.29, 1.82) is 0 Å². The quantitative estimate of drug-likeness (QED) is 0.213. The van der Waals surface area contributed by atoms with Crippen LogP contribution in [0.5, 0.6) is 5.75 Å². The Morgan fingerprint density at radius 2 is 1.56 bits per heavy atom. The van der Waals surface area contributed by atoms with Gasteiger partial charge in [0.15, 0.2) is 0 Å². The summed E-state index contributed by atoms with van der Waals surface area (Å²) in [6.07, 6.45) is 1.61. The van der Waals surface area contributed by atoms with E-state index in [0.717, 1.165) is 16.2 Å². The molecule has 0 fully saturated rings. The molecule has 186 valence electrons. The fourth-order valence-electron chi connectivity index (χ4n) is 3.11. The molecule has 0 spiro atoms. The van der Waals surface area contributed by atoms with Crippen LogP contribution in [0.3, 0.4) is 0 Å². The standard InChI is InChI=1S/C28H28N2O5S/c1-3-34-23-14-10-20(11-15-23)18-25(30-27(32)21-8-6-5-7-9-21)28(33)29-22-12-16-24(17-13-22)36-19-26(31)35-4-2/h5-18H,3-4,19H2,1-2H3,(H,29,33)(H,30,32)/b25-18-. The number of nitrogens with one attached hydrogen (secondary N) is 2. The van der Waals surface area contributed by atoms with Crippen LogP contribution >= 0.6 is 11.8 Å². The molecule has 0 aliphatic carbocycles. The van der Waals surface area contributed by atoms with Gasteiger partial charge >= 0.3 is 5.97 Å². The molecule has 7 nitrogen and oxygen atoms in total. The smallest absolute Gasteiger partial charge is 0.316 e. The number of rotatable bonds is 11. The summed E-state index contributed by atoms with van der Waals surface area (Å²) in [5.41, 5.74) is 1.80. The van der Waals surface area contributed by atoms with Crippen LogP contribution in [-0.2, 0) is 14.3 Å². The minimum absolute atomic E-state index is 0.0915. The van der Waals surface area contributed by atoms with Gasteiger partial charge in [0, 0.05) is 16.1 Å². The van der Waals surface area contributed by atoms with Gasteiger partial charge in [-0.3, -0.25) is 14.4 Å². The van der Waals surface area contributed by atoms with Gasteiger partial charge in [0.25, 0.3) is 11.8 Å². The predicted molar refractivity (Wildman–Crippen MR) is 142 cm³/mol. The van der Waals surface area contributed by atoms with Gasteiger partial charge in [0.05, 0.1) is 19.0 Å². The highest BCUT2D eigenvalue weighted by molar-refractivity contribution is 8.00. The normalized spacial score (nSPS) is 10.9. The first-order chi connectivity index (χ1) is 17.5. The maximum atomic E-state index is 13.1. The minimum Gasteiger partial charge on any atom is -0.494 e. The van der Waals surface area contributed by atoms with E-state index < -0.39 is 11.8 Å². The van der Waals surface area contributed by atoms with E-state index in [9.17, 15) is 14.4 Å². The molecular weight excluding hydrogens is 476 g/mol. The second kappa shape index (κ2) is 13.7. The molecule has 3 aromatic rings. The van der Waals surface area contributed by atoms with Crippen molar-refractivity contribution < 1.29 is 23.9 Å². The Labute approximate surface area is 214 Å². The largest absolute Gasteiger partial charge is 0.494 e. The number of ether oxygens (including phenoxy) is 2. The molecular formula is C28H28N2O5S. The van der Waals surface area contributed by atoms with Gasteiger partial charge in [-0.15, -0.1) is 11.8 Å². The zero-order valence-corrected chi connectivity index (χ0v) is 21.0. The summed E-state index contributed by atoms with van der Waals surface area (Å²) in [7, 11) is 0. The molecule has 0 saturated carbocycles. The number of thioether (sulfide) groups is 1. The number of benzene rings is 3. The average molecular weight is 505 g/mol. The van der Waals surface area contributed by atoms with Gasteiger partial charge in [0.2, 0.25) is 0 Å². The van der Waals surface area contributed by atoms with Crippen molar-refractivity contribution in [2.24, 2.45) is 0 Å². The summed E-state index contributed by atoms with van der Waals surface area (Å²) in [4.78, 5) is 38.3. The van der Waals surface area contributed by atoms with Crippen LogP contribution in [0.1, 0.15) is 29.8 Å². The molecule has 0 aromatic heterocycles. The zero-order chi connectivity index (χ0) is 25.8. The molecule has 0 unspecified atom stereocenters. The molecule has 3 aromatic carbocycles. The third kappa shape index (κ3) is 8.32. The lowest BCUT2D eigenvalue weighted by atomic mass is 10.1. The molecule has 0 saturated heterocycles. The number of amides is 2. The van der Waals surface area contributed by atoms with E-state index in [1.54, 1.807) is 73.7 Å². The number of carbonyl (C=O) groups excluding carboxylic acids is 3. The highest BCUT2D eigenvalue weighted by Gasteiger charge is 2.15. The molecule has 0 aliphatic heterocycles. The fraction of sp³-hybridized carbons (Fsp3) is 0.179. The summed E-state index contributed by atoms with van der Waals surface area (Å²) >= 11 is 1.35. The van der Waals surface area contributed by atoms with Crippen molar-refractivity contribution >= 4 is 41.3 Å². The third-order valence-electron chi connectivity index (χ3n) is 4.81. The number of esters is 1. The first-order valence-corrected chi connectivity index (χ1v) is 12.5. The maximum absolute atomic E-state index is 13.1. The van der Waals surface area contributed by atoms with E-state index >= 15 is 0 Å². The Balaban J connectivity index is 1.75. The van der Waals surface area contributed by atoms with Crippen molar-refractivity contribution in [2.45, 2.75) is 18.7 Å². The zero-order valence-electron chi connectivity index (χ0n) is 20.2. The minimum atomic E-state index is -0.472. The summed E-state index contributed by atoms with van der Waals surface area (Å²) < 4.78 is 10.4. The Morgan fingerprint density at radius 1 is 0.861 bits per heavy atom. The fourth-order valence-corrected chi connectivity index (χ4v) is 3.81. The van der Waals surface area contributed by atoms with E-state index in [0.29, 0.717) is 24.5 Å². The number of anilines is 1. The second-order valence-corrected chi connectivity index (χ2v) is 8.50. The lowest BCUT2D eigenvalue weighted by Crippen LogP contribution is -2.30. The average Bonchev–Trinajstić information content (AvgIpc) is 2.89. The molecule has 0 heterocycles. The van der Waals surface area contributed by atoms with Crippen molar-refractivity contribution in [2.75, 3.05) is 24.3 Å². The number of hydrogen-bond acceptors (Lipinski definition) is 6. The highest BCUT2D eigenvalue weighted by atomic mass is 32.2. The van der Waals surface area contributed by atoms with E-state index in [-0.39, 0.29) is 17.4 Å². The Hall–Kier alpha value is -4.04. The van der Waals surface area contributed by atoms with Crippen LogP contribution in [0, 0.1) is 0 Å². The van der Waals surface area contributed by atoms with Gasteiger partial charge in [0.1, 0.15) is 11.4 Å². The van der Waals surface area contributed by atoms with Crippen molar-refractivity contribution in [1.82, 2.24) is 5.32 Å². The van der Waals surface area contributed by atoms with Crippen molar-refractivity contribution in [3.05, 3.63) is 95.7 Å². The molecule has 8 heteroatoms. The molecule has 0 aliphatic rings. The Bertz CT molecular complexity index is 1190. The van der Waals surface area contributed by atoms with Gasteiger partial charge in [-0.25, -0.2) is 0 Å². The van der Waals surface area contributed by atoms with Crippen LogP contribution < -0.4 is 15.4 Å². The second-order valence-electron chi connectivity index (χ2n) is 7.45. The molecule has 2 N–H and O–H groups in total. The summed E-state index contributed by atoms with van der Waals surface area (Å²) in [5, 5.41) is 5.54. The van der Waals surface area contributed by atoms with Gasteiger partial charge in [-0.2, -0.15) is 0 Å². The number of hydrogen-bond donors (Lipinski definition) is 2. The summed E-state index contributed by atoms with van der Waals surface area (Å²) in [5.74, 6) is -0.221. The highest BCUT2D eigenvalue weighted by Crippen LogP contribution is 2.21. The molecule has 36 heavy (non-hydrogen) atoms. The Morgan fingerprint density at radius 3 is 2.19 bits per heavy atom. The van der Waals surface area contributed by atoms with Crippen molar-refractivity contribution in [3.63, 3.8) is 0 Å². The number of carbonyl (C=O) groups is 3. The first-order valence-electron chi connectivity index (χ1n) is 11.5. The molecule has 0 radical (unpaired) electrons. The van der Waals surface area contributed by atoms with Gasteiger partial charge in [-0.05, 0) is 74.0 Å². The lowest BCUT2D eigenvalue weighted by Gasteiger charge is -2.12. The van der Waals surface area contributed by atoms with Crippen LogP contribution in [0.15, 0.2) is 89.5 Å². The van der Waals surface area contributed by atoms with Crippen LogP contribution in [0.25, 0.3) is 6.08 Å². The summed E-state index contributed by atoms with van der Waals surface area (Å²) in [6.45, 7) is 4.57. The SMILES string of the molecule is CCOC(=O)CSc1ccc(NC(=O)/C(=C/c2ccc(OCC)cc2)NC(=O)c2ccccc2)cc1. The van der Waals surface area contributed by atoms with Crippen LogP contribution in [0.4, 0.5) is 5.69 Å². The topological polar surface area (TPSA) is 93.7 Å².